The van der Waals surface area contributed by atoms with Crippen LogP contribution in [-0.4, -0.2) is 41.7 Å². The number of carboxylic acids is 1. The summed E-state index contributed by atoms with van der Waals surface area (Å²) in [5.41, 5.74) is -0.137. The lowest BCUT2D eigenvalue weighted by Gasteiger charge is -2.10. The van der Waals surface area contributed by atoms with Crippen LogP contribution >= 0.6 is 0 Å². The van der Waals surface area contributed by atoms with Gasteiger partial charge < -0.3 is 15.2 Å². The van der Waals surface area contributed by atoms with Crippen LogP contribution in [0.1, 0.15) is 27.3 Å². The number of rotatable bonds is 4. The van der Waals surface area contributed by atoms with Crippen LogP contribution < -0.4 is 5.32 Å². The highest BCUT2D eigenvalue weighted by Crippen LogP contribution is 2.11. The van der Waals surface area contributed by atoms with E-state index in [0.717, 1.165) is 6.42 Å². The minimum absolute atomic E-state index is 0.0519. The molecule has 0 radical (unpaired) electrons. The second-order valence-electron chi connectivity index (χ2n) is 4.14. The van der Waals surface area contributed by atoms with Gasteiger partial charge in [-0.2, -0.15) is 0 Å². The fourth-order valence-corrected chi connectivity index (χ4v) is 1.82. The van der Waals surface area contributed by atoms with E-state index in [1.807, 2.05) is 0 Å². The highest BCUT2D eigenvalue weighted by molar-refractivity contribution is 6.03. The number of carbonyl (C=O) groups excluding carboxylic acids is 1. The van der Waals surface area contributed by atoms with E-state index in [-0.39, 0.29) is 11.3 Å². The number of carboxylic acid groups (broad SMARTS) is 1. The lowest BCUT2D eigenvalue weighted by Crippen LogP contribution is -2.31. The Morgan fingerprint density at radius 3 is 3.06 bits per heavy atom. The second kappa shape index (κ2) is 5.59. The maximum atomic E-state index is 11.8. The Hall–Kier alpha value is -1.95. The number of hydrogen-bond acceptors (Lipinski definition) is 4. The third-order valence-electron chi connectivity index (χ3n) is 2.83. The topological polar surface area (TPSA) is 88.5 Å². The van der Waals surface area contributed by atoms with Gasteiger partial charge in [0.25, 0.3) is 5.91 Å². The summed E-state index contributed by atoms with van der Waals surface area (Å²) in [7, 11) is 0. The van der Waals surface area contributed by atoms with Gasteiger partial charge >= 0.3 is 5.97 Å². The molecule has 96 valence electrons. The van der Waals surface area contributed by atoms with Gasteiger partial charge in [0.05, 0.1) is 12.2 Å². The molecule has 1 unspecified atom stereocenters. The number of ether oxygens (including phenoxy) is 1. The minimum atomic E-state index is -1.16. The van der Waals surface area contributed by atoms with Gasteiger partial charge in [0, 0.05) is 25.3 Å². The first-order valence-corrected chi connectivity index (χ1v) is 5.72. The summed E-state index contributed by atoms with van der Waals surface area (Å²) < 4.78 is 5.20. The van der Waals surface area contributed by atoms with E-state index >= 15 is 0 Å². The molecule has 0 saturated carbocycles. The van der Waals surface area contributed by atoms with E-state index in [4.69, 9.17) is 9.84 Å². The molecule has 2 heterocycles. The van der Waals surface area contributed by atoms with Gasteiger partial charge in [-0.25, -0.2) is 4.79 Å². The van der Waals surface area contributed by atoms with Crippen molar-refractivity contribution >= 4 is 11.9 Å². The second-order valence-corrected chi connectivity index (χ2v) is 4.14. The predicted molar refractivity (Wildman–Crippen MR) is 62.5 cm³/mol. The highest BCUT2D eigenvalue weighted by Gasteiger charge is 2.20. The first-order chi connectivity index (χ1) is 8.68. The first kappa shape index (κ1) is 12.5. The van der Waals surface area contributed by atoms with Crippen LogP contribution in [0.4, 0.5) is 0 Å². The largest absolute Gasteiger partial charge is 0.478 e. The fourth-order valence-electron chi connectivity index (χ4n) is 1.82. The molecule has 1 atom stereocenters. The summed E-state index contributed by atoms with van der Waals surface area (Å²) in [6, 6.07) is 2.86. The Bertz CT molecular complexity index is 455. The van der Waals surface area contributed by atoms with Crippen molar-refractivity contribution < 1.29 is 19.4 Å². The summed E-state index contributed by atoms with van der Waals surface area (Å²) in [5.74, 6) is -1.32. The summed E-state index contributed by atoms with van der Waals surface area (Å²) in [6.45, 7) is 1.83. The van der Waals surface area contributed by atoms with Crippen molar-refractivity contribution in [2.45, 2.75) is 6.42 Å². The first-order valence-electron chi connectivity index (χ1n) is 5.72. The lowest BCUT2D eigenvalue weighted by atomic mass is 10.1. The van der Waals surface area contributed by atoms with Crippen molar-refractivity contribution in [2.75, 3.05) is 19.8 Å². The number of nitrogens with one attached hydrogen (secondary N) is 1. The highest BCUT2D eigenvalue weighted by atomic mass is 16.5. The normalized spacial score (nSPS) is 18.6. The molecule has 1 saturated heterocycles. The average molecular weight is 250 g/mol. The third-order valence-corrected chi connectivity index (χ3v) is 2.83. The van der Waals surface area contributed by atoms with Crippen LogP contribution in [0.3, 0.4) is 0 Å². The summed E-state index contributed by atoms with van der Waals surface area (Å²) in [6.07, 6.45) is 2.31. The Balaban J connectivity index is 2.01. The number of aromatic nitrogens is 1. The Kier molecular flexibility index (Phi) is 3.88. The summed E-state index contributed by atoms with van der Waals surface area (Å²) in [4.78, 5) is 26.6. The summed E-state index contributed by atoms with van der Waals surface area (Å²) >= 11 is 0. The molecule has 1 fully saturated rings. The number of hydrogen-bond donors (Lipinski definition) is 2. The number of nitrogens with zero attached hydrogens (tertiary/aromatic N) is 1. The molecule has 2 rings (SSSR count). The Labute approximate surface area is 104 Å². The molecule has 6 heteroatoms. The maximum Gasteiger partial charge on any atom is 0.338 e. The SMILES string of the molecule is O=C(O)c1cccnc1C(=O)NCC1CCOC1. The molecule has 0 aromatic carbocycles. The van der Waals surface area contributed by atoms with Crippen molar-refractivity contribution in [2.24, 2.45) is 5.92 Å². The molecule has 1 aromatic heterocycles. The number of amides is 1. The third kappa shape index (κ3) is 2.84. The van der Waals surface area contributed by atoms with E-state index in [2.05, 4.69) is 10.3 Å². The van der Waals surface area contributed by atoms with Crippen molar-refractivity contribution in [1.82, 2.24) is 10.3 Å². The van der Waals surface area contributed by atoms with E-state index in [0.29, 0.717) is 25.7 Å². The van der Waals surface area contributed by atoms with Gasteiger partial charge in [0.2, 0.25) is 0 Å². The summed E-state index contributed by atoms with van der Waals surface area (Å²) in [5, 5.41) is 11.6. The Morgan fingerprint density at radius 2 is 2.39 bits per heavy atom. The zero-order chi connectivity index (χ0) is 13.0. The van der Waals surface area contributed by atoms with Crippen molar-refractivity contribution in [3.8, 4) is 0 Å². The van der Waals surface area contributed by atoms with Gasteiger partial charge in [-0.05, 0) is 18.6 Å². The van der Waals surface area contributed by atoms with Crippen molar-refractivity contribution in [1.29, 1.82) is 0 Å². The van der Waals surface area contributed by atoms with Gasteiger partial charge in [0.15, 0.2) is 0 Å². The number of carbonyl (C=O) groups is 2. The molecular formula is C12H14N2O4. The zero-order valence-electron chi connectivity index (χ0n) is 9.76. The smallest absolute Gasteiger partial charge is 0.338 e. The molecule has 0 bridgehead atoms. The fraction of sp³-hybridized carbons (Fsp3) is 0.417. The van der Waals surface area contributed by atoms with E-state index < -0.39 is 11.9 Å². The standard InChI is InChI=1S/C12H14N2O4/c15-11(14-6-8-3-5-18-7-8)10-9(12(16)17)2-1-4-13-10/h1-2,4,8H,3,5-7H2,(H,14,15)(H,16,17). The molecule has 6 nitrogen and oxygen atoms in total. The monoisotopic (exact) mass is 250 g/mol. The van der Waals surface area contributed by atoms with E-state index in [9.17, 15) is 9.59 Å². The minimum Gasteiger partial charge on any atom is -0.478 e. The molecule has 1 aromatic rings. The van der Waals surface area contributed by atoms with Crippen LogP contribution in [0.25, 0.3) is 0 Å². The number of pyridine rings is 1. The lowest BCUT2D eigenvalue weighted by molar-refractivity contribution is 0.0689. The van der Waals surface area contributed by atoms with Crippen LogP contribution in [0.5, 0.6) is 0 Å². The Morgan fingerprint density at radius 1 is 1.56 bits per heavy atom. The zero-order valence-corrected chi connectivity index (χ0v) is 9.76. The van der Waals surface area contributed by atoms with Gasteiger partial charge in [0.1, 0.15) is 5.69 Å². The van der Waals surface area contributed by atoms with Crippen LogP contribution in [0.15, 0.2) is 18.3 Å². The van der Waals surface area contributed by atoms with Gasteiger partial charge in [-0.1, -0.05) is 0 Å². The van der Waals surface area contributed by atoms with Crippen LogP contribution in [-0.2, 0) is 4.74 Å². The van der Waals surface area contributed by atoms with Gasteiger partial charge in [-0.15, -0.1) is 0 Å². The maximum absolute atomic E-state index is 11.8. The molecular weight excluding hydrogens is 236 g/mol. The molecule has 18 heavy (non-hydrogen) atoms. The van der Waals surface area contributed by atoms with E-state index in [1.165, 1.54) is 18.3 Å². The molecule has 1 amide bonds. The molecule has 0 spiro atoms. The van der Waals surface area contributed by atoms with Crippen molar-refractivity contribution in [3.05, 3.63) is 29.6 Å². The predicted octanol–water partition coefficient (Wildman–Crippen LogP) is 0.546. The quantitative estimate of drug-likeness (QED) is 0.814. The molecule has 1 aliphatic heterocycles. The van der Waals surface area contributed by atoms with Gasteiger partial charge in [-0.3, -0.25) is 9.78 Å². The van der Waals surface area contributed by atoms with E-state index in [1.54, 1.807) is 0 Å². The molecule has 1 aliphatic rings. The van der Waals surface area contributed by atoms with Crippen LogP contribution in [0, 0.1) is 5.92 Å². The van der Waals surface area contributed by atoms with Crippen LogP contribution in [0.2, 0.25) is 0 Å². The average Bonchev–Trinajstić information content (AvgIpc) is 2.89. The number of aromatic carboxylic acids is 1. The molecule has 0 aliphatic carbocycles. The molecule has 2 N–H and O–H groups in total. The van der Waals surface area contributed by atoms with Crippen molar-refractivity contribution in [3.63, 3.8) is 0 Å².